The van der Waals surface area contributed by atoms with Crippen molar-refractivity contribution in [1.82, 2.24) is 10.2 Å². The molecule has 9 heteroatoms. The normalized spacial score (nSPS) is 11.9. The van der Waals surface area contributed by atoms with Gasteiger partial charge in [-0.3, -0.25) is 13.9 Å². The first-order chi connectivity index (χ1) is 20.7. The highest BCUT2D eigenvalue weighted by molar-refractivity contribution is 7.92. The van der Waals surface area contributed by atoms with Crippen LogP contribution in [-0.4, -0.2) is 44.3 Å². The average Bonchev–Trinajstić information content (AvgIpc) is 3.03. The Bertz CT molecular complexity index is 1610. The molecule has 0 spiro atoms. The predicted molar refractivity (Wildman–Crippen MR) is 171 cm³/mol. The molecule has 1 N–H and O–H groups in total. The quantitative estimate of drug-likeness (QED) is 0.203. The van der Waals surface area contributed by atoms with Crippen LogP contribution in [0, 0.1) is 0 Å². The Balaban J connectivity index is 1.81. The lowest BCUT2D eigenvalue weighted by Crippen LogP contribution is -2.53. The molecule has 0 bridgehead atoms. The Morgan fingerprint density at radius 2 is 1.40 bits per heavy atom. The fraction of sp³-hybridized carbons (Fsp3) is 0.235. The smallest absolute Gasteiger partial charge is 0.264 e. The van der Waals surface area contributed by atoms with Crippen LogP contribution in [0.15, 0.2) is 114 Å². The van der Waals surface area contributed by atoms with Crippen molar-refractivity contribution in [2.24, 2.45) is 0 Å². The molecule has 4 rings (SSSR count). The number of sulfonamides is 1. The van der Waals surface area contributed by atoms with E-state index in [0.717, 1.165) is 21.0 Å². The lowest BCUT2D eigenvalue weighted by molar-refractivity contribution is -0.140. The van der Waals surface area contributed by atoms with Gasteiger partial charge < -0.3 is 10.2 Å². The number of carbonyl (C=O) groups is 2. The highest BCUT2D eigenvalue weighted by Gasteiger charge is 2.35. The van der Waals surface area contributed by atoms with Crippen molar-refractivity contribution in [3.63, 3.8) is 0 Å². The summed E-state index contributed by atoms with van der Waals surface area (Å²) in [6.45, 7) is 3.72. The standard InChI is InChI=1S/C34H36ClN3O4S/c1-3-28-15-11-12-18-31(28)38(43(41,42)30-16-9-6-10-17-30)25-33(39)37(24-27-19-21-29(35)22-20-27)32(34(40)36-4-2)23-26-13-7-5-8-14-26/h5-22,32H,3-4,23-25H2,1-2H3,(H,36,40). The minimum Gasteiger partial charge on any atom is -0.355 e. The maximum atomic E-state index is 14.4. The van der Waals surface area contributed by atoms with Gasteiger partial charge in [0.1, 0.15) is 12.6 Å². The second-order valence-corrected chi connectivity index (χ2v) is 12.4. The number of hydrogen-bond donors (Lipinski definition) is 1. The summed E-state index contributed by atoms with van der Waals surface area (Å²) in [6.07, 6.45) is 0.818. The van der Waals surface area contributed by atoms with Crippen molar-refractivity contribution in [3.8, 4) is 0 Å². The van der Waals surface area contributed by atoms with Crippen LogP contribution in [-0.2, 0) is 39.0 Å². The van der Waals surface area contributed by atoms with Crippen LogP contribution in [0.3, 0.4) is 0 Å². The fourth-order valence-corrected chi connectivity index (χ4v) is 6.52. The van der Waals surface area contributed by atoms with Crippen molar-refractivity contribution in [1.29, 1.82) is 0 Å². The first-order valence-electron chi connectivity index (χ1n) is 14.3. The monoisotopic (exact) mass is 617 g/mol. The largest absolute Gasteiger partial charge is 0.355 e. The van der Waals surface area contributed by atoms with Gasteiger partial charge >= 0.3 is 0 Å². The van der Waals surface area contributed by atoms with E-state index in [1.165, 1.54) is 17.0 Å². The predicted octanol–water partition coefficient (Wildman–Crippen LogP) is 5.87. The Labute approximate surface area is 259 Å². The van der Waals surface area contributed by atoms with E-state index in [0.29, 0.717) is 23.7 Å². The summed E-state index contributed by atoms with van der Waals surface area (Å²) in [5.74, 6) is -0.826. The number of carbonyl (C=O) groups excluding carboxylic acids is 2. The molecular weight excluding hydrogens is 582 g/mol. The molecule has 0 aliphatic heterocycles. The molecule has 0 saturated carbocycles. The number of nitrogens with one attached hydrogen (secondary N) is 1. The number of amides is 2. The maximum absolute atomic E-state index is 14.4. The zero-order valence-electron chi connectivity index (χ0n) is 24.3. The van der Waals surface area contributed by atoms with Crippen LogP contribution >= 0.6 is 11.6 Å². The van der Waals surface area contributed by atoms with Crippen LogP contribution in [0.1, 0.15) is 30.5 Å². The summed E-state index contributed by atoms with van der Waals surface area (Å²) in [4.78, 5) is 29.5. The van der Waals surface area contributed by atoms with Crippen molar-refractivity contribution in [2.75, 3.05) is 17.4 Å². The fourth-order valence-electron chi connectivity index (χ4n) is 4.92. The summed E-state index contributed by atoms with van der Waals surface area (Å²) in [5.41, 5.74) is 2.83. The highest BCUT2D eigenvalue weighted by Crippen LogP contribution is 2.28. The van der Waals surface area contributed by atoms with Crippen molar-refractivity contribution < 1.29 is 18.0 Å². The SMILES string of the molecule is CCNC(=O)C(Cc1ccccc1)N(Cc1ccc(Cl)cc1)C(=O)CN(c1ccccc1CC)S(=O)(=O)c1ccccc1. The average molecular weight is 618 g/mol. The van der Waals surface area contributed by atoms with E-state index < -0.39 is 28.5 Å². The zero-order chi connectivity index (χ0) is 30.8. The molecule has 4 aromatic carbocycles. The van der Waals surface area contributed by atoms with Gasteiger partial charge in [0, 0.05) is 24.5 Å². The number of anilines is 1. The molecular formula is C34H36ClN3O4S. The van der Waals surface area contributed by atoms with Crippen molar-refractivity contribution in [2.45, 2.75) is 44.2 Å². The van der Waals surface area contributed by atoms with Crippen LogP contribution in [0.2, 0.25) is 5.02 Å². The van der Waals surface area contributed by atoms with Gasteiger partial charge in [-0.2, -0.15) is 0 Å². The highest BCUT2D eigenvalue weighted by atomic mass is 35.5. The van der Waals surface area contributed by atoms with Gasteiger partial charge in [0.05, 0.1) is 10.6 Å². The first kappa shape index (κ1) is 31.8. The molecule has 4 aromatic rings. The van der Waals surface area contributed by atoms with E-state index in [4.69, 9.17) is 11.6 Å². The van der Waals surface area contributed by atoms with E-state index in [-0.39, 0.29) is 23.8 Å². The lowest BCUT2D eigenvalue weighted by Gasteiger charge is -2.34. The van der Waals surface area contributed by atoms with Crippen LogP contribution < -0.4 is 9.62 Å². The summed E-state index contributed by atoms with van der Waals surface area (Å²) in [5, 5.41) is 3.41. The number of likely N-dealkylation sites (N-methyl/N-ethyl adjacent to an activating group) is 1. The molecule has 0 fully saturated rings. The van der Waals surface area contributed by atoms with E-state index >= 15 is 0 Å². The number of para-hydroxylation sites is 1. The molecule has 224 valence electrons. The summed E-state index contributed by atoms with van der Waals surface area (Å²) < 4.78 is 29.4. The Morgan fingerprint density at radius 3 is 2.02 bits per heavy atom. The molecule has 2 amide bonds. The minimum atomic E-state index is -4.14. The van der Waals surface area contributed by atoms with Gasteiger partial charge in [-0.05, 0) is 60.4 Å². The van der Waals surface area contributed by atoms with Crippen LogP contribution in [0.5, 0.6) is 0 Å². The molecule has 1 unspecified atom stereocenters. The van der Waals surface area contributed by atoms with E-state index in [1.807, 2.05) is 56.3 Å². The van der Waals surface area contributed by atoms with Gasteiger partial charge in [-0.1, -0.05) is 97.4 Å². The Morgan fingerprint density at radius 1 is 0.791 bits per heavy atom. The number of rotatable bonds is 13. The molecule has 7 nitrogen and oxygen atoms in total. The van der Waals surface area contributed by atoms with Crippen LogP contribution in [0.25, 0.3) is 0 Å². The molecule has 0 saturated heterocycles. The molecule has 0 aliphatic rings. The summed E-state index contributed by atoms with van der Waals surface area (Å²) >= 11 is 6.13. The second-order valence-electron chi connectivity index (χ2n) is 10.1. The Hall–Kier alpha value is -4.14. The minimum absolute atomic E-state index is 0.0718. The van der Waals surface area contributed by atoms with Crippen molar-refractivity contribution in [3.05, 3.63) is 131 Å². The third-order valence-corrected chi connectivity index (χ3v) is 9.17. The molecule has 1 atom stereocenters. The lowest BCUT2D eigenvalue weighted by atomic mass is 10.0. The van der Waals surface area contributed by atoms with Gasteiger partial charge in [0.25, 0.3) is 10.0 Å². The first-order valence-corrected chi connectivity index (χ1v) is 16.1. The number of nitrogens with zero attached hydrogens (tertiary/aromatic N) is 2. The number of aryl methyl sites for hydroxylation is 1. The van der Waals surface area contributed by atoms with Gasteiger partial charge in [-0.15, -0.1) is 0 Å². The summed E-state index contributed by atoms with van der Waals surface area (Å²) in [7, 11) is -4.14. The molecule has 0 aromatic heterocycles. The molecule has 43 heavy (non-hydrogen) atoms. The second kappa shape index (κ2) is 14.8. The van der Waals surface area contributed by atoms with Gasteiger partial charge in [0.2, 0.25) is 11.8 Å². The number of hydrogen-bond acceptors (Lipinski definition) is 4. The van der Waals surface area contributed by atoms with E-state index in [1.54, 1.807) is 54.6 Å². The number of halogens is 1. The summed E-state index contributed by atoms with van der Waals surface area (Å²) in [6, 6.07) is 30.8. The van der Waals surface area contributed by atoms with E-state index in [9.17, 15) is 18.0 Å². The molecule has 0 heterocycles. The van der Waals surface area contributed by atoms with Gasteiger partial charge in [-0.25, -0.2) is 8.42 Å². The van der Waals surface area contributed by atoms with Gasteiger partial charge in [0.15, 0.2) is 0 Å². The van der Waals surface area contributed by atoms with Crippen molar-refractivity contribution >= 4 is 39.1 Å². The third-order valence-electron chi connectivity index (χ3n) is 7.14. The topological polar surface area (TPSA) is 86.8 Å². The molecule has 0 radical (unpaired) electrons. The zero-order valence-corrected chi connectivity index (χ0v) is 25.9. The third kappa shape index (κ3) is 8.03. The molecule has 0 aliphatic carbocycles. The Kier molecular flexibility index (Phi) is 11.0. The maximum Gasteiger partial charge on any atom is 0.264 e. The van der Waals surface area contributed by atoms with Crippen LogP contribution in [0.4, 0.5) is 5.69 Å². The van der Waals surface area contributed by atoms with E-state index in [2.05, 4.69) is 5.32 Å². The number of benzene rings is 4.